The van der Waals surface area contributed by atoms with Crippen LogP contribution in [0.5, 0.6) is 0 Å². The van der Waals surface area contributed by atoms with E-state index in [9.17, 15) is 0 Å². The third-order valence-corrected chi connectivity index (χ3v) is 5.41. The third kappa shape index (κ3) is 8.22. The molecule has 0 heterocycles. The van der Waals surface area contributed by atoms with Gasteiger partial charge in [-0.1, -0.05) is 63.7 Å². The van der Waals surface area contributed by atoms with Crippen molar-refractivity contribution in [3.8, 4) is 0 Å². The lowest BCUT2D eigenvalue weighted by atomic mass is 10.5. The van der Waals surface area contributed by atoms with Crippen molar-refractivity contribution in [2.24, 2.45) is 0 Å². The maximum Gasteiger partial charge on any atom is 0.0600 e. The van der Waals surface area contributed by atoms with Gasteiger partial charge in [0.25, 0.3) is 0 Å². The maximum atomic E-state index is 5.39. The van der Waals surface area contributed by atoms with Crippen LogP contribution in [0.1, 0.15) is 0 Å². The van der Waals surface area contributed by atoms with Crippen LogP contribution in [0.2, 0.25) is 0 Å². The van der Waals surface area contributed by atoms with Crippen LogP contribution in [-0.4, -0.2) is 33.5 Å². The fourth-order valence-corrected chi connectivity index (χ4v) is 1.16. The van der Waals surface area contributed by atoms with E-state index in [1.165, 1.54) is 0 Å². The Labute approximate surface area is 101 Å². The summed E-state index contributed by atoms with van der Waals surface area (Å²) in [6.07, 6.45) is 0. The van der Waals surface area contributed by atoms with E-state index in [2.05, 4.69) is 63.7 Å². The molecule has 0 saturated carbocycles. The fraction of sp³-hybridized carbons (Fsp3) is 1.00. The molecule has 0 aliphatic heterocycles. The first-order valence-electron chi connectivity index (χ1n) is 3.18. The summed E-state index contributed by atoms with van der Waals surface area (Å²) in [4.78, 5) is 0.829. The minimum Gasteiger partial charge on any atom is -0.379 e. The van der Waals surface area contributed by atoms with Gasteiger partial charge in [0.1, 0.15) is 0 Å². The van der Waals surface area contributed by atoms with Crippen LogP contribution < -0.4 is 0 Å². The number of rotatable bonds is 6. The zero-order valence-corrected chi connectivity index (χ0v) is 12.2. The SMILES string of the molecule is BrCC(Br)COCC(Br)CBr. The van der Waals surface area contributed by atoms with E-state index in [-0.39, 0.29) is 0 Å². The highest BCUT2D eigenvalue weighted by atomic mass is 79.9. The van der Waals surface area contributed by atoms with Crippen LogP contribution in [-0.2, 0) is 4.74 Å². The van der Waals surface area contributed by atoms with Gasteiger partial charge in [-0.2, -0.15) is 0 Å². The van der Waals surface area contributed by atoms with Gasteiger partial charge in [-0.05, 0) is 0 Å². The lowest BCUT2D eigenvalue weighted by Gasteiger charge is -2.09. The van der Waals surface area contributed by atoms with Crippen molar-refractivity contribution in [1.82, 2.24) is 0 Å². The van der Waals surface area contributed by atoms with Gasteiger partial charge in [-0.3, -0.25) is 0 Å². The summed E-state index contributed by atoms with van der Waals surface area (Å²) < 4.78 is 5.39. The van der Waals surface area contributed by atoms with Crippen molar-refractivity contribution < 1.29 is 4.74 Å². The highest BCUT2D eigenvalue weighted by Crippen LogP contribution is 2.07. The van der Waals surface area contributed by atoms with Crippen molar-refractivity contribution in [2.45, 2.75) is 9.65 Å². The van der Waals surface area contributed by atoms with Gasteiger partial charge in [0.05, 0.1) is 13.2 Å². The van der Waals surface area contributed by atoms with E-state index >= 15 is 0 Å². The molecule has 0 bridgehead atoms. The first-order chi connectivity index (χ1) is 5.20. The molecule has 0 amide bonds. The van der Waals surface area contributed by atoms with E-state index in [0.29, 0.717) is 9.65 Å². The summed E-state index contributed by atoms with van der Waals surface area (Å²) in [5.74, 6) is 0. The van der Waals surface area contributed by atoms with E-state index in [0.717, 1.165) is 23.9 Å². The Balaban J connectivity index is 3.13. The van der Waals surface area contributed by atoms with Crippen molar-refractivity contribution in [1.29, 1.82) is 0 Å². The average molecular weight is 418 g/mol. The van der Waals surface area contributed by atoms with Crippen LogP contribution in [0.3, 0.4) is 0 Å². The van der Waals surface area contributed by atoms with Crippen LogP contribution in [0.4, 0.5) is 0 Å². The molecule has 11 heavy (non-hydrogen) atoms. The molecular formula is C6H10Br4O. The van der Waals surface area contributed by atoms with Gasteiger partial charge in [0.2, 0.25) is 0 Å². The molecule has 0 rings (SSSR count). The van der Waals surface area contributed by atoms with E-state index in [1.807, 2.05) is 0 Å². The van der Waals surface area contributed by atoms with Crippen molar-refractivity contribution in [3.05, 3.63) is 0 Å². The van der Waals surface area contributed by atoms with Crippen LogP contribution >= 0.6 is 63.7 Å². The second-order valence-electron chi connectivity index (χ2n) is 2.04. The Hall–Kier alpha value is 1.88. The lowest BCUT2D eigenvalue weighted by Crippen LogP contribution is -2.16. The van der Waals surface area contributed by atoms with Crippen LogP contribution in [0.15, 0.2) is 0 Å². The predicted octanol–water partition coefficient (Wildman–Crippen LogP) is 3.32. The summed E-state index contributed by atoms with van der Waals surface area (Å²) in [5.41, 5.74) is 0. The monoisotopic (exact) mass is 414 g/mol. The normalized spacial score (nSPS) is 16.4. The zero-order valence-electron chi connectivity index (χ0n) is 5.90. The molecule has 2 unspecified atom stereocenters. The molecule has 0 aliphatic rings. The Morgan fingerprint density at radius 2 is 1.27 bits per heavy atom. The molecule has 0 radical (unpaired) electrons. The molecule has 0 aromatic heterocycles. The smallest absolute Gasteiger partial charge is 0.0600 e. The average Bonchev–Trinajstić information content (AvgIpc) is 2.04. The minimum atomic E-state index is 0.414. The lowest BCUT2D eigenvalue weighted by molar-refractivity contribution is 0.145. The Kier molecular flexibility index (Phi) is 9.93. The molecule has 1 nitrogen and oxygen atoms in total. The molecule has 0 saturated heterocycles. The number of alkyl halides is 4. The van der Waals surface area contributed by atoms with Crippen molar-refractivity contribution in [2.75, 3.05) is 23.9 Å². The topological polar surface area (TPSA) is 9.23 Å². The molecule has 0 aromatic rings. The number of halogens is 4. The summed E-state index contributed by atoms with van der Waals surface area (Å²) >= 11 is 13.6. The maximum absolute atomic E-state index is 5.39. The second-order valence-corrected chi connectivity index (χ2v) is 5.93. The second kappa shape index (κ2) is 8.48. The van der Waals surface area contributed by atoms with Gasteiger partial charge in [-0.25, -0.2) is 0 Å². The van der Waals surface area contributed by atoms with Crippen molar-refractivity contribution >= 4 is 63.7 Å². The quantitative estimate of drug-likeness (QED) is 0.603. The highest BCUT2D eigenvalue weighted by molar-refractivity contribution is 9.12. The fourth-order valence-electron chi connectivity index (χ4n) is 0.413. The molecule has 0 N–H and O–H groups in total. The minimum absolute atomic E-state index is 0.414. The Bertz CT molecular complexity index is 80.7. The summed E-state index contributed by atoms with van der Waals surface area (Å²) in [5, 5.41) is 1.85. The number of hydrogen-bond donors (Lipinski definition) is 0. The Morgan fingerprint density at radius 1 is 0.909 bits per heavy atom. The zero-order chi connectivity index (χ0) is 8.69. The molecule has 68 valence electrons. The van der Waals surface area contributed by atoms with Gasteiger partial charge < -0.3 is 4.74 Å². The first-order valence-corrected chi connectivity index (χ1v) is 7.26. The molecule has 2 atom stereocenters. The first kappa shape index (κ1) is 12.9. The summed E-state index contributed by atoms with van der Waals surface area (Å²) in [7, 11) is 0. The van der Waals surface area contributed by atoms with E-state index < -0.39 is 0 Å². The van der Waals surface area contributed by atoms with Gasteiger partial charge in [0.15, 0.2) is 0 Å². The standard InChI is InChI=1S/C6H10Br4O/c7-1-5(9)3-11-4-6(10)2-8/h5-6H,1-4H2. The molecule has 5 heteroatoms. The molecular weight excluding hydrogens is 408 g/mol. The summed E-state index contributed by atoms with van der Waals surface area (Å²) in [6, 6.07) is 0. The molecule has 0 spiro atoms. The predicted molar refractivity (Wildman–Crippen MR) is 63.8 cm³/mol. The highest BCUT2D eigenvalue weighted by Gasteiger charge is 2.04. The molecule has 0 aliphatic carbocycles. The summed E-state index contributed by atoms with van der Waals surface area (Å²) in [6.45, 7) is 1.50. The number of hydrogen-bond acceptors (Lipinski definition) is 1. The van der Waals surface area contributed by atoms with Gasteiger partial charge in [0, 0.05) is 20.3 Å². The van der Waals surface area contributed by atoms with E-state index in [4.69, 9.17) is 4.74 Å². The largest absolute Gasteiger partial charge is 0.379 e. The Morgan fingerprint density at radius 3 is 1.55 bits per heavy atom. The molecule has 0 fully saturated rings. The number of ether oxygens (including phenoxy) is 1. The van der Waals surface area contributed by atoms with Crippen molar-refractivity contribution in [3.63, 3.8) is 0 Å². The van der Waals surface area contributed by atoms with Gasteiger partial charge in [-0.15, -0.1) is 0 Å². The van der Waals surface area contributed by atoms with Gasteiger partial charge >= 0.3 is 0 Å². The molecule has 0 aromatic carbocycles. The van der Waals surface area contributed by atoms with Crippen LogP contribution in [0.25, 0.3) is 0 Å². The van der Waals surface area contributed by atoms with E-state index in [1.54, 1.807) is 0 Å². The third-order valence-electron chi connectivity index (χ3n) is 0.932. The van der Waals surface area contributed by atoms with Crippen LogP contribution in [0, 0.1) is 0 Å².